The van der Waals surface area contributed by atoms with E-state index in [1.54, 1.807) is 24.3 Å². The highest BCUT2D eigenvalue weighted by molar-refractivity contribution is 6.21. The van der Waals surface area contributed by atoms with Crippen molar-refractivity contribution in [3.05, 3.63) is 247 Å². The third-order valence-corrected chi connectivity index (χ3v) is 16.5. The van der Waals surface area contributed by atoms with Crippen LogP contribution in [0.4, 0.5) is 0 Å². The van der Waals surface area contributed by atoms with Crippen LogP contribution in [0.2, 0.25) is 0 Å². The Hall–Kier alpha value is -9.58. The van der Waals surface area contributed by atoms with Crippen molar-refractivity contribution < 1.29 is 15.1 Å². The predicted molar refractivity (Wildman–Crippen MR) is 340 cm³/mol. The Morgan fingerprint density at radius 1 is 0.287 bits per heavy atom. The van der Waals surface area contributed by atoms with Gasteiger partial charge >= 0.3 is 0 Å². The molecule has 16 rings (SSSR count). The zero-order valence-corrected chi connectivity index (χ0v) is 45.3. The molecule has 0 saturated heterocycles. The summed E-state index contributed by atoms with van der Waals surface area (Å²) >= 11 is 0. The number of benzene rings is 11. The number of nitrogens with zero attached hydrogens (tertiary/aromatic N) is 5. The summed E-state index contributed by atoms with van der Waals surface area (Å²) in [6, 6.07) is 52.9. The number of aryl methyl sites for hydroxylation is 1. The molecule has 0 amide bonds. The molecule has 0 fully saturated rings. The lowest BCUT2D eigenvalue weighted by Crippen LogP contribution is -2.10. The Bertz CT molecular complexity index is 5910. The summed E-state index contributed by atoms with van der Waals surface area (Å²) in [7, 11) is 0. The van der Waals surface area contributed by atoms with E-state index in [0.717, 1.165) is 55.4 Å². The molecule has 16 aromatic rings. The molecule has 0 saturated carbocycles. The quantitative estimate of drug-likeness (QED) is 0.164. The van der Waals surface area contributed by atoms with E-state index in [9.17, 15) is 9.60 Å². The maximum atomic E-state index is 10.5. The summed E-state index contributed by atoms with van der Waals surface area (Å²) in [5.74, 6) is 0. The second-order valence-electron chi connectivity index (χ2n) is 23.4. The van der Waals surface area contributed by atoms with Gasteiger partial charge in [0.05, 0.1) is 70.2 Å². The number of fused-ring (bicyclic) bond motifs is 15. The molecule has 0 bridgehead atoms. The number of para-hydroxylation sites is 5. The normalized spacial score (nSPS) is 14.6. The van der Waals surface area contributed by atoms with Crippen LogP contribution in [-0.4, -0.2) is 22.8 Å². The minimum Gasteiger partial charge on any atom is -0.309 e. The Balaban J connectivity index is 0.910. The van der Waals surface area contributed by atoms with Crippen molar-refractivity contribution in [2.45, 2.75) is 59.3 Å². The van der Waals surface area contributed by atoms with E-state index in [4.69, 9.17) is 5.48 Å². The zero-order valence-electron chi connectivity index (χ0n) is 56.3. The van der Waals surface area contributed by atoms with Crippen LogP contribution in [0.3, 0.4) is 0 Å². The van der Waals surface area contributed by atoms with Crippen LogP contribution >= 0.6 is 0 Å². The van der Waals surface area contributed by atoms with Gasteiger partial charge in [-0.3, -0.25) is 0 Å². The van der Waals surface area contributed by atoms with E-state index in [-0.39, 0.29) is 71.3 Å². The Labute approximate surface area is 479 Å². The smallest absolute Gasteiger partial charge is 0.0668 e. The first-order valence-corrected chi connectivity index (χ1v) is 27.3. The van der Waals surface area contributed by atoms with Crippen molar-refractivity contribution in [1.29, 1.82) is 0 Å². The molecular weight excluding hydrogens is 971 g/mol. The highest BCUT2D eigenvalue weighted by atomic mass is 15.0. The van der Waals surface area contributed by atoms with Crippen molar-refractivity contribution in [3.63, 3.8) is 0 Å². The zero-order chi connectivity index (χ0) is 63.5. The number of aromatic nitrogens is 5. The standard InChI is InChI=1S/C75H59N5/c1-46-17-16-22-58-63-43-62-57-21-11-15-26-67(57)79(71(62)45-72(63)80(73(46)58)52-33-29-48(30-34-52)75(5,6)7)53-39-40-68-59(41-53)54-18-8-12-23-64(54)76(68)50-35-37-51(38-36-50)78-66-25-14-10-20-56(66)61-42-60-55-19-9-13-24-65(55)77(69(60)44-70(61)78)49-31-27-47(28-32-49)74(2,3)4/h8-45H,1-7H3/i9D,10D,11D,16D,24D,25D,26D,42D,43D,44D,45D. The number of hydrogen-bond acceptors (Lipinski definition) is 0. The van der Waals surface area contributed by atoms with Gasteiger partial charge in [-0.25, -0.2) is 0 Å². The number of hydrogen-bond donors (Lipinski definition) is 0. The van der Waals surface area contributed by atoms with E-state index in [1.165, 1.54) is 18.2 Å². The lowest BCUT2D eigenvalue weighted by molar-refractivity contribution is 0.590. The molecule has 0 unspecified atom stereocenters. The van der Waals surface area contributed by atoms with Gasteiger partial charge in [-0.2, -0.15) is 0 Å². The van der Waals surface area contributed by atoms with Gasteiger partial charge in [0.2, 0.25) is 0 Å². The molecule has 5 nitrogen and oxygen atoms in total. The molecule has 0 radical (unpaired) electrons. The summed E-state index contributed by atoms with van der Waals surface area (Å²) in [6.45, 7) is 14.9. The highest BCUT2D eigenvalue weighted by Gasteiger charge is 2.24. The van der Waals surface area contributed by atoms with Gasteiger partial charge in [0.1, 0.15) is 0 Å². The number of rotatable bonds is 5. The van der Waals surface area contributed by atoms with Crippen LogP contribution in [0.25, 0.3) is 137 Å². The third kappa shape index (κ3) is 6.70. The molecule has 0 spiro atoms. The highest BCUT2D eigenvalue weighted by Crippen LogP contribution is 2.44. The average molecular weight is 1040 g/mol. The SMILES string of the molecule is [2H]c1cc([2H])c2c(c1)c1c([2H])c3c4cc([2H])cc([2H])c4n(-c4ccc(C(C)(C)C)cc4)c3c([2H])c1n2-c1ccc(-n2c3ccccc3c3cc(-n4c5c([2H])cc([2H])cc5c5c([2H])c6c7cc([2H])cc(C)c7n(-c7ccc(C(C)(C)C)cc7)c6c([2H])c54)ccc32)cc1. The third-order valence-electron chi connectivity index (χ3n) is 16.5. The maximum Gasteiger partial charge on any atom is 0.0668 e. The maximum absolute atomic E-state index is 10.5. The monoisotopic (exact) mass is 1040 g/mol. The van der Waals surface area contributed by atoms with Gasteiger partial charge < -0.3 is 22.8 Å². The largest absolute Gasteiger partial charge is 0.309 e. The van der Waals surface area contributed by atoms with Crippen molar-refractivity contribution in [2.75, 3.05) is 0 Å². The van der Waals surface area contributed by atoms with Gasteiger partial charge in [0, 0.05) is 82.3 Å². The second-order valence-corrected chi connectivity index (χ2v) is 23.4. The molecule has 5 heterocycles. The van der Waals surface area contributed by atoms with Crippen molar-refractivity contribution in [1.82, 2.24) is 22.8 Å². The van der Waals surface area contributed by atoms with Crippen LogP contribution in [0.15, 0.2) is 230 Å². The van der Waals surface area contributed by atoms with Crippen LogP contribution in [0.1, 0.15) is 73.3 Å². The van der Waals surface area contributed by atoms with Crippen molar-refractivity contribution >= 4 is 109 Å². The molecule has 11 aromatic carbocycles. The Kier molecular flexibility index (Phi) is 7.63. The van der Waals surface area contributed by atoms with Gasteiger partial charge in [0.15, 0.2) is 0 Å². The first-order valence-electron chi connectivity index (χ1n) is 32.8. The average Bonchev–Trinajstić information content (AvgIpc) is 1.54. The lowest BCUT2D eigenvalue weighted by atomic mass is 9.87. The Morgan fingerprint density at radius 3 is 1.16 bits per heavy atom. The molecule has 80 heavy (non-hydrogen) atoms. The summed E-state index contributed by atoms with van der Waals surface area (Å²) in [6.07, 6.45) is 0. The molecule has 0 aliphatic heterocycles. The van der Waals surface area contributed by atoms with Crippen LogP contribution in [0.5, 0.6) is 0 Å². The molecule has 384 valence electrons. The predicted octanol–water partition coefficient (Wildman–Crippen LogP) is 20.1. The molecule has 5 heteroatoms. The van der Waals surface area contributed by atoms with E-state index in [1.807, 2.05) is 87.4 Å². The minimum absolute atomic E-state index is 0.0600. The van der Waals surface area contributed by atoms with Crippen LogP contribution in [-0.2, 0) is 10.8 Å². The summed E-state index contributed by atoms with van der Waals surface area (Å²) in [5, 5.41) is 5.81. The molecule has 0 N–H and O–H groups in total. The lowest BCUT2D eigenvalue weighted by Gasteiger charge is -2.19. The first-order chi connectivity index (χ1) is 43.4. The fourth-order valence-corrected chi connectivity index (χ4v) is 12.6. The topological polar surface area (TPSA) is 24.6 Å². The minimum atomic E-state index is -0.138. The summed E-state index contributed by atoms with van der Waals surface area (Å²) in [4.78, 5) is 0. The molecular formula is C75H59N5. The van der Waals surface area contributed by atoms with Gasteiger partial charge in [-0.05, 0) is 150 Å². The van der Waals surface area contributed by atoms with E-state index in [2.05, 4.69) is 105 Å². The molecule has 0 atom stereocenters. The first kappa shape index (κ1) is 36.5. The van der Waals surface area contributed by atoms with E-state index >= 15 is 0 Å². The van der Waals surface area contributed by atoms with Gasteiger partial charge in [-0.1, -0.05) is 157 Å². The van der Waals surface area contributed by atoms with Crippen molar-refractivity contribution in [2.24, 2.45) is 0 Å². The van der Waals surface area contributed by atoms with Crippen LogP contribution in [0, 0.1) is 6.92 Å². The fraction of sp³-hybridized carbons (Fsp3) is 0.120. The fourth-order valence-electron chi connectivity index (χ4n) is 12.6. The summed E-state index contributed by atoms with van der Waals surface area (Å²) in [5.41, 5.74) is 12.1. The Morgan fingerprint density at radius 2 is 0.662 bits per heavy atom. The second kappa shape index (κ2) is 16.7. The van der Waals surface area contributed by atoms with E-state index in [0.29, 0.717) is 105 Å². The van der Waals surface area contributed by atoms with Gasteiger partial charge in [0.25, 0.3) is 0 Å². The van der Waals surface area contributed by atoms with Crippen LogP contribution < -0.4 is 0 Å². The molecule has 0 aliphatic rings. The van der Waals surface area contributed by atoms with E-state index < -0.39 is 0 Å². The molecule has 0 aliphatic carbocycles. The molecule has 5 aromatic heterocycles. The van der Waals surface area contributed by atoms with Gasteiger partial charge in [-0.15, -0.1) is 0 Å². The summed E-state index contributed by atoms with van der Waals surface area (Å²) < 4.78 is 115. The van der Waals surface area contributed by atoms with Crippen molar-refractivity contribution in [3.8, 4) is 28.4 Å².